The van der Waals surface area contributed by atoms with E-state index in [4.69, 9.17) is 20.1 Å². The van der Waals surface area contributed by atoms with Crippen molar-refractivity contribution in [1.82, 2.24) is 9.55 Å². The number of ether oxygens (including phenoxy) is 1. The van der Waals surface area contributed by atoms with E-state index >= 15 is 0 Å². The number of hydrogen-bond donors (Lipinski definition) is 1. The van der Waals surface area contributed by atoms with E-state index in [0.717, 1.165) is 34.5 Å². The van der Waals surface area contributed by atoms with E-state index in [1.54, 1.807) is 18.3 Å². The molecule has 2 heterocycles. The second kappa shape index (κ2) is 9.71. The molecule has 0 fully saturated rings. The quantitative estimate of drug-likeness (QED) is 0.357. The Balaban J connectivity index is 0.000000628. The lowest BCUT2D eigenvalue weighted by atomic mass is 10.2. The Labute approximate surface area is 178 Å². The van der Waals surface area contributed by atoms with Crippen molar-refractivity contribution in [2.75, 3.05) is 0 Å². The molecular formula is C23H22FN3O4. The highest BCUT2D eigenvalue weighted by atomic mass is 19.1. The van der Waals surface area contributed by atoms with Crippen molar-refractivity contribution in [3.63, 3.8) is 0 Å². The first-order valence-electron chi connectivity index (χ1n) is 9.55. The van der Waals surface area contributed by atoms with Gasteiger partial charge < -0.3 is 14.5 Å². The van der Waals surface area contributed by atoms with E-state index in [9.17, 15) is 4.39 Å². The van der Waals surface area contributed by atoms with Crippen LogP contribution in [0.25, 0.3) is 11.0 Å². The normalized spacial score (nSPS) is 10.4. The fraction of sp³-hybridized carbons (Fsp3) is 0.174. The molecule has 8 heteroatoms. The summed E-state index contributed by atoms with van der Waals surface area (Å²) in [6.45, 7) is 5.35. The zero-order chi connectivity index (χ0) is 22.4. The van der Waals surface area contributed by atoms with E-state index in [1.165, 1.54) is 23.4 Å². The van der Waals surface area contributed by atoms with Crippen molar-refractivity contribution in [1.29, 1.82) is 0 Å². The number of nitrogens with zero attached hydrogens (tertiary/aromatic N) is 3. The number of rotatable bonds is 5. The Morgan fingerprint density at radius 2 is 1.71 bits per heavy atom. The third-order valence-electron chi connectivity index (χ3n) is 4.95. The lowest BCUT2D eigenvalue weighted by Crippen LogP contribution is -2.04. The lowest BCUT2D eigenvalue weighted by molar-refractivity contribution is -0.742. The smallest absolute Gasteiger partial charge is 0.291 e. The number of aryl methyl sites for hydroxylation is 1. The van der Waals surface area contributed by atoms with Crippen LogP contribution in [0.15, 0.2) is 66.9 Å². The van der Waals surface area contributed by atoms with E-state index in [0.29, 0.717) is 6.61 Å². The SMILES string of the molecule is Cc1c(C)n(Cc2ccccc2)c2c(OCc3ccc(F)cc3)ccnc12.O=[N+]([O-])O. The van der Waals surface area contributed by atoms with Gasteiger partial charge in [-0.25, -0.2) is 4.39 Å². The molecule has 0 bridgehead atoms. The third-order valence-corrected chi connectivity index (χ3v) is 4.95. The molecule has 2 aromatic carbocycles. The first-order valence-corrected chi connectivity index (χ1v) is 9.55. The first-order chi connectivity index (χ1) is 14.9. The summed E-state index contributed by atoms with van der Waals surface area (Å²) in [5, 5.41) is 13.6. The third kappa shape index (κ3) is 5.36. The van der Waals surface area contributed by atoms with Gasteiger partial charge in [0.2, 0.25) is 0 Å². The topological polar surface area (TPSA) is 90.4 Å². The molecule has 0 amide bonds. The first kappa shape index (κ1) is 21.8. The maximum atomic E-state index is 13.1. The fourth-order valence-electron chi connectivity index (χ4n) is 3.33. The number of hydrogen-bond acceptors (Lipinski definition) is 4. The zero-order valence-electron chi connectivity index (χ0n) is 17.2. The molecule has 160 valence electrons. The van der Waals surface area contributed by atoms with Gasteiger partial charge in [0, 0.05) is 24.5 Å². The predicted molar refractivity (Wildman–Crippen MR) is 114 cm³/mol. The van der Waals surface area contributed by atoms with Crippen molar-refractivity contribution < 1.29 is 19.4 Å². The standard InChI is InChI=1S/C23H21FN2O.HNO3/c1-16-17(2)26(14-18-6-4-3-5-7-18)23-21(12-13-25-22(16)23)27-15-19-8-10-20(24)11-9-19;2-1(3)4/h3-13H,14-15H2,1-2H3;(H,2,3,4). The molecule has 0 atom stereocenters. The molecule has 7 nitrogen and oxygen atoms in total. The van der Waals surface area contributed by atoms with Crippen LogP contribution in [0.4, 0.5) is 4.39 Å². The lowest BCUT2D eigenvalue weighted by Gasteiger charge is -2.13. The maximum absolute atomic E-state index is 13.1. The molecule has 0 saturated heterocycles. The van der Waals surface area contributed by atoms with Gasteiger partial charge in [-0.3, -0.25) is 4.98 Å². The van der Waals surface area contributed by atoms with Gasteiger partial charge >= 0.3 is 0 Å². The molecule has 0 radical (unpaired) electrons. The van der Waals surface area contributed by atoms with Crippen LogP contribution in [0.3, 0.4) is 0 Å². The Hall–Kier alpha value is -3.94. The second-order valence-corrected chi connectivity index (χ2v) is 6.94. The van der Waals surface area contributed by atoms with Crippen molar-refractivity contribution in [2.45, 2.75) is 27.0 Å². The monoisotopic (exact) mass is 423 g/mol. The number of aromatic nitrogens is 2. The average Bonchev–Trinajstić information content (AvgIpc) is 2.99. The number of fused-ring (bicyclic) bond motifs is 1. The van der Waals surface area contributed by atoms with Crippen LogP contribution in [-0.2, 0) is 13.2 Å². The van der Waals surface area contributed by atoms with Gasteiger partial charge in [0.15, 0.2) is 0 Å². The van der Waals surface area contributed by atoms with Crippen LogP contribution in [0.1, 0.15) is 22.4 Å². The minimum atomic E-state index is -1.50. The summed E-state index contributed by atoms with van der Waals surface area (Å²) >= 11 is 0. The Bertz CT molecular complexity index is 1170. The van der Waals surface area contributed by atoms with Gasteiger partial charge in [-0.2, -0.15) is 0 Å². The Morgan fingerprint density at radius 3 is 2.35 bits per heavy atom. The van der Waals surface area contributed by atoms with Crippen molar-refractivity contribution in [3.8, 4) is 5.75 Å². The number of benzene rings is 2. The van der Waals surface area contributed by atoms with Crippen LogP contribution < -0.4 is 4.74 Å². The molecule has 0 aliphatic carbocycles. The second-order valence-electron chi connectivity index (χ2n) is 6.94. The van der Waals surface area contributed by atoms with Crippen LogP contribution in [0.2, 0.25) is 0 Å². The molecule has 31 heavy (non-hydrogen) atoms. The molecule has 0 saturated carbocycles. The van der Waals surface area contributed by atoms with Gasteiger partial charge in [0.05, 0.1) is 5.52 Å². The highest BCUT2D eigenvalue weighted by Gasteiger charge is 2.16. The molecule has 0 spiro atoms. The molecule has 0 aliphatic rings. The Morgan fingerprint density at radius 1 is 1.06 bits per heavy atom. The van der Waals surface area contributed by atoms with Gasteiger partial charge in [-0.05, 0) is 42.7 Å². The van der Waals surface area contributed by atoms with Gasteiger partial charge in [-0.15, -0.1) is 10.1 Å². The van der Waals surface area contributed by atoms with Gasteiger partial charge in [0.25, 0.3) is 5.09 Å². The number of pyridine rings is 1. The minimum absolute atomic E-state index is 0.243. The average molecular weight is 423 g/mol. The summed E-state index contributed by atoms with van der Waals surface area (Å²) in [5.74, 6) is 0.546. The van der Waals surface area contributed by atoms with Crippen molar-refractivity contribution in [3.05, 3.63) is 105 Å². The van der Waals surface area contributed by atoms with E-state index < -0.39 is 5.09 Å². The fourth-order valence-corrected chi connectivity index (χ4v) is 3.33. The molecule has 4 aromatic rings. The molecule has 1 N–H and O–H groups in total. The minimum Gasteiger partial charge on any atom is -0.487 e. The highest BCUT2D eigenvalue weighted by molar-refractivity contribution is 5.86. The van der Waals surface area contributed by atoms with Crippen molar-refractivity contribution in [2.24, 2.45) is 0 Å². The largest absolute Gasteiger partial charge is 0.487 e. The summed E-state index contributed by atoms with van der Waals surface area (Å²) in [7, 11) is 0. The maximum Gasteiger partial charge on any atom is 0.291 e. The summed E-state index contributed by atoms with van der Waals surface area (Å²) < 4.78 is 21.5. The van der Waals surface area contributed by atoms with Crippen LogP contribution >= 0.6 is 0 Å². The molecular weight excluding hydrogens is 401 g/mol. The highest BCUT2D eigenvalue weighted by Crippen LogP contribution is 2.32. The molecule has 0 aliphatic heterocycles. The van der Waals surface area contributed by atoms with Crippen LogP contribution in [0, 0.1) is 29.8 Å². The molecule has 2 aromatic heterocycles. The van der Waals surface area contributed by atoms with E-state index in [1.807, 2.05) is 24.3 Å². The van der Waals surface area contributed by atoms with Gasteiger partial charge in [-0.1, -0.05) is 42.5 Å². The number of halogens is 1. The van der Waals surface area contributed by atoms with Crippen molar-refractivity contribution >= 4 is 11.0 Å². The van der Waals surface area contributed by atoms with Crippen LogP contribution in [-0.4, -0.2) is 19.8 Å². The van der Waals surface area contributed by atoms with E-state index in [2.05, 4.69) is 35.5 Å². The summed E-state index contributed by atoms with van der Waals surface area (Å²) in [6.07, 6.45) is 1.78. The van der Waals surface area contributed by atoms with Crippen LogP contribution in [0.5, 0.6) is 5.75 Å². The molecule has 4 rings (SSSR count). The summed E-state index contributed by atoms with van der Waals surface area (Å²) in [6, 6.07) is 18.6. The van der Waals surface area contributed by atoms with E-state index in [-0.39, 0.29) is 5.82 Å². The zero-order valence-corrected chi connectivity index (χ0v) is 17.2. The summed E-state index contributed by atoms with van der Waals surface area (Å²) in [4.78, 5) is 12.9. The Kier molecular flexibility index (Phi) is 6.81. The predicted octanol–water partition coefficient (Wildman–Crippen LogP) is 5.07. The molecule has 0 unspecified atom stereocenters. The van der Waals surface area contributed by atoms with Gasteiger partial charge in [0.1, 0.15) is 23.7 Å². The summed E-state index contributed by atoms with van der Waals surface area (Å²) in [5.41, 5.74) is 6.45.